The van der Waals surface area contributed by atoms with E-state index >= 15 is 0 Å². The fourth-order valence-corrected chi connectivity index (χ4v) is 2.15. The van der Waals surface area contributed by atoms with Crippen LogP contribution in [-0.4, -0.2) is 71.3 Å². The molecule has 0 aromatic heterocycles. The van der Waals surface area contributed by atoms with Gasteiger partial charge in [0.15, 0.2) is 6.33 Å². The van der Waals surface area contributed by atoms with Crippen LogP contribution in [0.15, 0.2) is 5.83 Å². The van der Waals surface area contributed by atoms with Gasteiger partial charge in [0.05, 0.1) is 0 Å². The summed E-state index contributed by atoms with van der Waals surface area (Å²) in [6.07, 6.45) is -9.53. The summed E-state index contributed by atoms with van der Waals surface area (Å²) < 4.78 is 351. The van der Waals surface area contributed by atoms with Gasteiger partial charge in [-0.15, -0.1) is 0 Å². The number of halogens is 27. The Morgan fingerprint density at radius 3 is 0.634 bits per heavy atom. The zero-order chi connectivity index (χ0) is 34.3. The van der Waals surface area contributed by atoms with E-state index in [-0.39, 0.29) is 0 Å². The Labute approximate surface area is 203 Å². The smallest absolute Gasteiger partial charge is 0.201 e. The summed E-state index contributed by atoms with van der Waals surface area (Å²) in [5.74, 6) is -106. The van der Waals surface area contributed by atoms with Crippen LogP contribution in [0.2, 0.25) is 0 Å². The molecule has 27 heteroatoms. The van der Waals surface area contributed by atoms with E-state index in [2.05, 4.69) is 0 Å². The van der Waals surface area contributed by atoms with E-state index in [0.29, 0.717) is 0 Å². The molecule has 0 amide bonds. The molecule has 0 N–H and O–H groups in total. The first-order chi connectivity index (χ1) is 17.2. The monoisotopic (exact) mass is 681 g/mol. The lowest BCUT2D eigenvalue weighted by Gasteiger charge is -2.45. The molecule has 0 aliphatic heterocycles. The SMILES string of the molecule is F/[C]=C(\F)C(F)(F)C(F)(F)C(F)(F)C(F)(F)C(F)(F)C(F)(F)C(F)(F)C(F)(F)C(F)(F)C(F)(F)C(F)(F)C(F)(F)F. The zero-order valence-corrected chi connectivity index (χ0v) is 17.2. The quantitative estimate of drug-likeness (QED) is 0.191. The van der Waals surface area contributed by atoms with Gasteiger partial charge in [-0.05, 0) is 0 Å². The van der Waals surface area contributed by atoms with Crippen LogP contribution < -0.4 is 0 Å². The maximum Gasteiger partial charge on any atom is 0.460 e. The molecule has 0 spiro atoms. The van der Waals surface area contributed by atoms with Crippen molar-refractivity contribution in [2.45, 2.75) is 71.3 Å². The van der Waals surface area contributed by atoms with Crippen molar-refractivity contribution in [3.05, 3.63) is 12.2 Å². The van der Waals surface area contributed by atoms with Gasteiger partial charge in [0.1, 0.15) is 0 Å². The average molecular weight is 681 g/mol. The van der Waals surface area contributed by atoms with Crippen molar-refractivity contribution < 1.29 is 119 Å². The normalized spacial score (nSPS) is 17.3. The largest absolute Gasteiger partial charge is 0.460 e. The highest BCUT2D eigenvalue weighted by Gasteiger charge is 2.99. The van der Waals surface area contributed by atoms with Gasteiger partial charge in [0.25, 0.3) is 0 Å². The molecule has 1 radical (unpaired) electrons. The van der Waals surface area contributed by atoms with Crippen molar-refractivity contribution in [3.8, 4) is 0 Å². The third-order valence-corrected chi connectivity index (χ3v) is 4.66. The van der Waals surface area contributed by atoms with Gasteiger partial charge in [0, 0.05) is 0 Å². The van der Waals surface area contributed by atoms with Crippen molar-refractivity contribution in [2.24, 2.45) is 0 Å². The minimum absolute atomic E-state index is 1.31. The summed E-state index contributed by atoms with van der Waals surface area (Å²) in [4.78, 5) is 0. The number of rotatable bonds is 11. The molecule has 0 heterocycles. The van der Waals surface area contributed by atoms with Gasteiger partial charge in [-0.3, -0.25) is 0 Å². The predicted molar refractivity (Wildman–Crippen MR) is 69.4 cm³/mol. The standard InChI is InChI=1S/C14F27/c15-1-2(16)3(17,18)4(19,20)5(21,22)6(23,24)7(25,26)8(27,28)9(29,30)10(31,32)11(33,34)12(35,36)13(37,38)14(39,40)41. The van der Waals surface area contributed by atoms with Crippen LogP contribution in [0.3, 0.4) is 0 Å². The van der Waals surface area contributed by atoms with Gasteiger partial charge in [-0.25, -0.2) is 8.78 Å². The third kappa shape index (κ3) is 4.42. The highest BCUT2D eigenvalue weighted by atomic mass is 19.4. The molecule has 0 nitrogen and oxygen atoms in total. The lowest BCUT2D eigenvalue weighted by Crippen LogP contribution is -2.78. The summed E-state index contributed by atoms with van der Waals surface area (Å²) in [5.41, 5.74) is 0. The first-order valence-electron chi connectivity index (χ1n) is 8.35. The molecule has 0 saturated carbocycles. The number of allylic oxidation sites excluding steroid dienone is 1. The van der Waals surface area contributed by atoms with Crippen molar-refractivity contribution in [3.63, 3.8) is 0 Å². The molecular formula is C14F27. The van der Waals surface area contributed by atoms with E-state index in [1.165, 1.54) is 0 Å². The summed E-state index contributed by atoms with van der Waals surface area (Å²) in [6, 6.07) is 0. The predicted octanol–water partition coefficient (Wildman–Crippen LogP) is 9.12. The highest BCUT2D eigenvalue weighted by molar-refractivity contribution is 5.21. The summed E-state index contributed by atoms with van der Waals surface area (Å²) >= 11 is 0. The maximum atomic E-state index is 13.5. The van der Waals surface area contributed by atoms with Crippen molar-refractivity contribution in [1.29, 1.82) is 0 Å². The van der Waals surface area contributed by atoms with Crippen molar-refractivity contribution in [1.82, 2.24) is 0 Å². The van der Waals surface area contributed by atoms with Gasteiger partial charge in [0.2, 0.25) is 5.83 Å². The molecule has 0 aliphatic carbocycles. The molecule has 41 heavy (non-hydrogen) atoms. The fourth-order valence-electron chi connectivity index (χ4n) is 2.15. The summed E-state index contributed by atoms with van der Waals surface area (Å²) in [5, 5.41) is 0. The van der Waals surface area contributed by atoms with Crippen molar-refractivity contribution >= 4 is 0 Å². The number of alkyl halides is 25. The Kier molecular flexibility index (Phi) is 8.93. The van der Waals surface area contributed by atoms with Gasteiger partial charge in [-0.1, -0.05) is 0 Å². The lowest BCUT2D eigenvalue weighted by atomic mass is 9.84. The van der Waals surface area contributed by atoms with Crippen LogP contribution in [0.4, 0.5) is 119 Å². The molecule has 0 bridgehead atoms. The van der Waals surface area contributed by atoms with E-state index in [1.54, 1.807) is 0 Å². The van der Waals surface area contributed by atoms with Gasteiger partial charge in [-0.2, -0.15) is 110 Å². The van der Waals surface area contributed by atoms with Crippen molar-refractivity contribution in [2.75, 3.05) is 0 Å². The average Bonchev–Trinajstić information content (AvgIpc) is 2.75. The topological polar surface area (TPSA) is 0 Å². The molecule has 0 aromatic carbocycles. The molecule has 0 aliphatic rings. The Bertz CT molecular complexity index is 990. The second-order valence-electron chi connectivity index (χ2n) is 7.22. The maximum absolute atomic E-state index is 13.5. The number of hydrogen-bond donors (Lipinski definition) is 0. The van der Waals surface area contributed by atoms with Crippen LogP contribution in [-0.2, 0) is 0 Å². The molecule has 0 atom stereocenters. The van der Waals surface area contributed by atoms with Crippen LogP contribution in [0.1, 0.15) is 0 Å². The fraction of sp³-hybridized carbons (Fsp3) is 0.857. The molecule has 0 aromatic rings. The molecule has 0 rings (SSSR count). The van der Waals surface area contributed by atoms with E-state index in [0.717, 1.165) is 0 Å². The molecule has 0 unspecified atom stereocenters. The zero-order valence-electron chi connectivity index (χ0n) is 17.2. The molecule has 0 fully saturated rings. The first-order valence-corrected chi connectivity index (χ1v) is 8.35. The molecular weight excluding hydrogens is 681 g/mol. The van der Waals surface area contributed by atoms with Crippen LogP contribution in [0.5, 0.6) is 0 Å². The Morgan fingerprint density at radius 1 is 0.293 bits per heavy atom. The minimum Gasteiger partial charge on any atom is -0.201 e. The number of hydrogen-bond acceptors (Lipinski definition) is 0. The van der Waals surface area contributed by atoms with E-state index in [4.69, 9.17) is 0 Å². The lowest BCUT2D eigenvalue weighted by molar-refractivity contribution is -0.481. The van der Waals surface area contributed by atoms with E-state index < -0.39 is 83.5 Å². The second-order valence-corrected chi connectivity index (χ2v) is 7.22. The van der Waals surface area contributed by atoms with E-state index in [9.17, 15) is 119 Å². The van der Waals surface area contributed by atoms with Crippen LogP contribution >= 0.6 is 0 Å². The third-order valence-electron chi connectivity index (χ3n) is 4.66. The Morgan fingerprint density at radius 2 is 0.463 bits per heavy atom. The van der Waals surface area contributed by atoms with Crippen LogP contribution in [0, 0.1) is 6.33 Å². The second kappa shape index (κ2) is 9.42. The minimum atomic E-state index is -9.73. The van der Waals surface area contributed by atoms with Crippen LogP contribution in [0.25, 0.3) is 0 Å². The Balaban J connectivity index is 7.40. The molecule has 0 saturated heterocycles. The molecule has 245 valence electrons. The van der Waals surface area contributed by atoms with Gasteiger partial charge >= 0.3 is 71.3 Å². The van der Waals surface area contributed by atoms with Gasteiger partial charge < -0.3 is 0 Å². The highest BCUT2D eigenvalue weighted by Crippen LogP contribution is 2.68. The summed E-state index contributed by atoms with van der Waals surface area (Å²) in [7, 11) is 0. The first kappa shape index (κ1) is 38.9. The summed E-state index contributed by atoms with van der Waals surface area (Å²) in [6.45, 7) is 0. The van der Waals surface area contributed by atoms with E-state index in [1.807, 2.05) is 0 Å². The Hall–Kier alpha value is -2.15.